The zero-order valence-electron chi connectivity index (χ0n) is 35.4. The van der Waals surface area contributed by atoms with E-state index in [2.05, 4.69) is 221 Å². The van der Waals surface area contributed by atoms with Crippen molar-refractivity contribution >= 4 is 22.7 Å². The topological polar surface area (TPSA) is 28.6 Å². The Morgan fingerprint density at radius 3 is 1.68 bits per heavy atom. The van der Waals surface area contributed by atoms with E-state index >= 15 is 0 Å². The first-order chi connectivity index (χ1) is 29.1. The van der Waals surface area contributed by atoms with Crippen molar-refractivity contribution in [3.05, 3.63) is 233 Å². The summed E-state index contributed by atoms with van der Waals surface area (Å²) < 4.78 is 6.84. The molecular formula is C56H51N3O. The van der Waals surface area contributed by atoms with Crippen LogP contribution in [-0.2, 0) is 10.8 Å². The van der Waals surface area contributed by atoms with Crippen LogP contribution in [0.5, 0.6) is 11.5 Å². The molecule has 60 heavy (non-hydrogen) atoms. The second-order valence-electron chi connectivity index (χ2n) is 17.1. The zero-order chi connectivity index (χ0) is 41.4. The summed E-state index contributed by atoms with van der Waals surface area (Å²) in [4.78, 5) is 10.0. The molecule has 7 aromatic carbocycles. The van der Waals surface area contributed by atoms with Gasteiger partial charge in [-0.3, -0.25) is 4.98 Å². The number of pyridine rings is 1. The standard InChI is InChI=1S/C56H51N3O/c1-39-33-40(2)54(41(3)34-39)59-38-58(51-25-13-14-26-52(51)59)48-22-16-24-50(37-48)60-49-23-15-21-47(36-49)56(45-17-9-7-10-18-45,46-19-11-8-12-20-46)53-35-43(31-32-57-53)42-27-29-44(30-28-42)55(4,5)6/h7-37H,38H2,1-6H3. The van der Waals surface area contributed by atoms with Gasteiger partial charge in [0.25, 0.3) is 0 Å². The number of benzene rings is 7. The first kappa shape index (κ1) is 38.6. The lowest BCUT2D eigenvalue weighted by Crippen LogP contribution is -2.32. The Morgan fingerprint density at radius 2 is 1.05 bits per heavy atom. The quantitative estimate of drug-likeness (QED) is 0.136. The van der Waals surface area contributed by atoms with Gasteiger partial charge < -0.3 is 14.5 Å². The molecule has 0 saturated heterocycles. The molecule has 1 aromatic heterocycles. The Kier molecular flexibility index (Phi) is 10.1. The second-order valence-corrected chi connectivity index (χ2v) is 17.1. The molecule has 0 aliphatic carbocycles. The summed E-state index contributed by atoms with van der Waals surface area (Å²) >= 11 is 0. The molecule has 1 aliphatic heterocycles. The molecule has 1 aliphatic rings. The second kappa shape index (κ2) is 15.7. The van der Waals surface area contributed by atoms with Crippen molar-refractivity contribution < 1.29 is 4.74 Å². The molecule has 2 heterocycles. The third-order valence-electron chi connectivity index (χ3n) is 11.9. The Hall–Kier alpha value is -6.91. The van der Waals surface area contributed by atoms with E-state index in [1.165, 1.54) is 39.3 Å². The predicted molar refractivity (Wildman–Crippen MR) is 249 cm³/mol. The van der Waals surface area contributed by atoms with Crippen LogP contribution in [0.1, 0.15) is 65.4 Å². The summed E-state index contributed by atoms with van der Waals surface area (Å²) in [7, 11) is 0. The van der Waals surface area contributed by atoms with Crippen LogP contribution >= 0.6 is 0 Å². The molecule has 0 N–H and O–H groups in total. The van der Waals surface area contributed by atoms with Crippen LogP contribution in [0.3, 0.4) is 0 Å². The van der Waals surface area contributed by atoms with E-state index in [9.17, 15) is 0 Å². The van der Waals surface area contributed by atoms with Crippen molar-refractivity contribution in [2.24, 2.45) is 0 Å². The molecule has 0 spiro atoms. The molecule has 9 rings (SSSR count). The summed E-state index contributed by atoms with van der Waals surface area (Å²) in [5, 5.41) is 0. The number of ether oxygens (including phenoxy) is 1. The van der Waals surface area contributed by atoms with E-state index in [0.717, 1.165) is 50.7 Å². The Balaban J connectivity index is 1.11. The molecule has 0 fully saturated rings. The summed E-state index contributed by atoms with van der Waals surface area (Å²) in [6.07, 6.45) is 1.95. The Bertz CT molecular complexity index is 2720. The predicted octanol–water partition coefficient (Wildman–Crippen LogP) is 14.4. The third kappa shape index (κ3) is 7.13. The van der Waals surface area contributed by atoms with Gasteiger partial charge in [0.15, 0.2) is 0 Å². The van der Waals surface area contributed by atoms with Crippen molar-refractivity contribution in [3.63, 3.8) is 0 Å². The van der Waals surface area contributed by atoms with Gasteiger partial charge in [-0.05, 0) is 119 Å². The molecule has 0 amide bonds. The number of aryl methyl sites for hydroxylation is 3. The largest absolute Gasteiger partial charge is 0.457 e. The highest BCUT2D eigenvalue weighted by Gasteiger charge is 2.40. The minimum atomic E-state index is -0.750. The van der Waals surface area contributed by atoms with Gasteiger partial charge in [0.2, 0.25) is 0 Å². The summed E-state index contributed by atoms with van der Waals surface area (Å²) in [6, 6.07) is 65.1. The van der Waals surface area contributed by atoms with E-state index in [-0.39, 0.29) is 5.41 Å². The maximum atomic E-state index is 6.84. The maximum absolute atomic E-state index is 6.84. The smallest absolute Gasteiger partial charge is 0.129 e. The minimum absolute atomic E-state index is 0.0764. The molecule has 0 atom stereocenters. The number of hydrogen-bond acceptors (Lipinski definition) is 4. The van der Waals surface area contributed by atoms with Crippen LogP contribution in [0.15, 0.2) is 188 Å². The van der Waals surface area contributed by atoms with Gasteiger partial charge in [0, 0.05) is 23.6 Å². The number of hydrogen-bond donors (Lipinski definition) is 0. The van der Waals surface area contributed by atoms with E-state index in [1.807, 2.05) is 18.3 Å². The van der Waals surface area contributed by atoms with Crippen LogP contribution in [0.4, 0.5) is 22.7 Å². The lowest BCUT2D eigenvalue weighted by molar-refractivity contribution is 0.481. The van der Waals surface area contributed by atoms with E-state index in [1.54, 1.807) is 0 Å². The molecule has 8 aromatic rings. The van der Waals surface area contributed by atoms with Gasteiger partial charge in [-0.2, -0.15) is 0 Å². The monoisotopic (exact) mass is 781 g/mol. The van der Waals surface area contributed by atoms with Crippen LogP contribution in [-0.4, -0.2) is 11.7 Å². The normalized spacial score (nSPS) is 12.7. The number of anilines is 4. The van der Waals surface area contributed by atoms with Crippen molar-refractivity contribution in [1.82, 2.24) is 4.98 Å². The summed E-state index contributed by atoms with van der Waals surface area (Å²) in [5.74, 6) is 1.52. The lowest BCUT2D eigenvalue weighted by atomic mass is 9.66. The van der Waals surface area contributed by atoms with Crippen LogP contribution in [0, 0.1) is 20.8 Å². The van der Waals surface area contributed by atoms with Crippen molar-refractivity contribution in [2.75, 3.05) is 16.5 Å². The van der Waals surface area contributed by atoms with Gasteiger partial charge in [0.1, 0.15) is 18.2 Å². The van der Waals surface area contributed by atoms with Gasteiger partial charge in [0.05, 0.1) is 22.5 Å². The molecule has 0 unspecified atom stereocenters. The van der Waals surface area contributed by atoms with Crippen molar-refractivity contribution in [1.29, 1.82) is 0 Å². The fraction of sp³-hybridized carbons (Fsp3) is 0.161. The number of para-hydroxylation sites is 2. The fourth-order valence-electron chi connectivity index (χ4n) is 9.17. The molecule has 0 saturated carbocycles. The number of nitrogens with zero attached hydrogens (tertiary/aromatic N) is 3. The number of aromatic nitrogens is 1. The van der Waals surface area contributed by atoms with Gasteiger partial charge in [-0.1, -0.05) is 154 Å². The first-order valence-corrected chi connectivity index (χ1v) is 20.9. The molecular weight excluding hydrogens is 731 g/mol. The lowest BCUT2D eigenvalue weighted by Gasteiger charge is -2.36. The molecule has 4 nitrogen and oxygen atoms in total. The highest BCUT2D eigenvalue weighted by atomic mass is 16.5. The average Bonchev–Trinajstić information content (AvgIpc) is 3.64. The minimum Gasteiger partial charge on any atom is -0.457 e. The Morgan fingerprint density at radius 1 is 0.483 bits per heavy atom. The molecule has 0 bridgehead atoms. The third-order valence-corrected chi connectivity index (χ3v) is 11.9. The van der Waals surface area contributed by atoms with Crippen molar-refractivity contribution in [3.8, 4) is 22.6 Å². The molecule has 4 heteroatoms. The van der Waals surface area contributed by atoms with Gasteiger partial charge in [-0.25, -0.2) is 0 Å². The highest BCUT2D eigenvalue weighted by Crippen LogP contribution is 2.48. The van der Waals surface area contributed by atoms with E-state index < -0.39 is 5.41 Å². The van der Waals surface area contributed by atoms with Crippen LogP contribution in [0.25, 0.3) is 11.1 Å². The summed E-state index contributed by atoms with van der Waals surface area (Å²) in [5.41, 5.74) is 15.7. The SMILES string of the molecule is Cc1cc(C)c(N2CN(c3cccc(Oc4cccc(C(c5ccccc5)(c5ccccc5)c5cc(-c6ccc(C(C)(C)C)cc6)ccn5)c4)c3)c3ccccc32)c(C)c1. The fourth-order valence-corrected chi connectivity index (χ4v) is 9.17. The van der Waals surface area contributed by atoms with Crippen molar-refractivity contribution in [2.45, 2.75) is 52.4 Å². The first-order valence-electron chi connectivity index (χ1n) is 20.9. The van der Waals surface area contributed by atoms with E-state index in [0.29, 0.717) is 6.67 Å². The van der Waals surface area contributed by atoms with Crippen LogP contribution in [0.2, 0.25) is 0 Å². The highest BCUT2D eigenvalue weighted by molar-refractivity contribution is 5.88. The van der Waals surface area contributed by atoms with Gasteiger partial charge >= 0.3 is 0 Å². The molecule has 296 valence electrons. The number of rotatable bonds is 9. The Labute approximate surface area is 355 Å². The summed E-state index contributed by atoms with van der Waals surface area (Å²) in [6.45, 7) is 14.1. The number of fused-ring (bicyclic) bond motifs is 1. The zero-order valence-corrected chi connectivity index (χ0v) is 35.4. The maximum Gasteiger partial charge on any atom is 0.129 e. The van der Waals surface area contributed by atoms with Gasteiger partial charge in [-0.15, -0.1) is 0 Å². The van der Waals surface area contributed by atoms with E-state index in [4.69, 9.17) is 9.72 Å². The molecule has 0 radical (unpaired) electrons. The average molecular weight is 782 g/mol. The van der Waals surface area contributed by atoms with Crippen LogP contribution < -0.4 is 14.5 Å².